The van der Waals surface area contributed by atoms with E-state index in [9.17, 15) is 14.4 Å². The standard InChI is InChI=1S/C39H28O4/c1-5-10-26-20-19-25(18-17-24-12-9-14-28(22-24)35(41)34(40)27-13-8-11-23(2)21-27)31-32(26)39(37(42)43-4)36-30-16-7-6-15-29(30)33(31)38(36,39)3/h6-9,11-16,19-22,33,36H,1-4H3/t33?,36?,38-,39+/m1/s1. The molecule has 3 aliphatic rings. The highest BCUT2D eigenvalue weighted by Gasteiger charge is 2.89. The molecule has 0 radical (unpaired) electrons. The zero-order valence-electron chi connectivity index (χ0n) is 24.4. The van der Waals surface area contributed by atoms with Gasteiger partial charge in [-0.25, -0.2) is 0 Å². The number of aryl methyl sites for hydroxylation is 1. The Morgan fingerprint density at radius 1 is 0.767 bits per heavy atom. The normalized spacial score (nSPS) is 23.0. The van der Waals surface area contributed by atoms with Crippen LogP contribution >= 0.6 is 0 Å². The first kappa shape index (κ1) is 26.7. The van der Waals surface area contributed by atoms with Crippen molar-refractivity contribution in [3.05, 3.63) is 141 Å². The Balaban J connectivity index is 1.34. The van der Waals surface area contributed by atoms with Gasteiger partial charge in [0, 0.05) is 45.1 Å². The summed E-state index contributed by atoms with van der Waals surface area (Å²) >= 11 is 0. The lowest BCUT2D eigenvalue weighted by molar-refractivity contribution is -0.144. The molecule has 2 unspecified atom stereocenters. The second-order valence-electron chi connectivity index (χ2n) is 11.8. The van der Waals surface area contributed by atoms with Crippen molar-refractivity contribution in [1.29, 1.82) is 0 Å². The van der Waals surface area contributed by atoms with Crippen LogP contribution in [-0.4, -0.2) is 24.6 Å². The monoisotopic (exact) mass is 560 g/mol. The molecule has 0 bridgehead atoms. The number of Topliss-reactive ketones (excluding diaryl/α,β-unsaturated/α-hetero) is 2. The van der Waals surface area contributed by atoms with Gasteiger partial charge in [0.2, 0.25) is 11.6 Å². The highest BCUT2D eigenvalue weighted by Crippen LogP contribution is 2.89. The molecule has 208 valence electrons. The quantitative estimate of drug-likeness (QED) is 0.124. The van der Waals surface area contributed by atoms with Crippen LogP contribution in [0.2, 0.25) is 0 Å². The van der Waals surface area contributed by atoms with Gasteiger partial charge in [-0.1, -0.05) is 84.8 Å². The molecule has 0 amide bonds. The maximum absolute atomic E-state index is 13.7. The first-order valence-corrected chi connectivity index (χ1v) is 14.3. The van der Waals surface area contributed by atoms with E-state index >= 15 is 0 Å². The molecule has 4 aromatic rings. The first-order chi connectivity index (χ1) is 20.8. The number of methoxy groups -OCH3 is 1. The smallest absolute Gasteiger partial charge is 0.317 e. The molecule has 7 rings (SSSR count). The number of hydrogen-bond acceptors (Lipinski definition) is 4. The molecule has 0 saturated heterocycles. The van der Waals surface area contributed by atoms with Crippen LogP contribution in [0.5, 0.6) is 0 Å². The summed E-state index contributed by atoms with van der Waals surface area (Å²) < 4.78 is 5.48. The lowest BCUT2D eigenvalue weighted by Gasteiger charge is -2.20. The van der Waals surface area contributed by atoms with Gasteiger partial charge in [0.1, 0.15) is 5.41 Å². The summed E-state index contributed by atoms with van der Waals surface area (Å²) in [7, 11) is 1.46. The number of carbonyl (C=O) groups excluding carboxylic acids is 3. The summed E-state index contributed by atoms with van der Waals surface area (Å²) in [6.07, 6.45) is 0. The van der Waals surface area contributed by atoms with E-state index in [2.05, 4.69) is 42.7 Å². The summed E-state index contributed by atoms with van der Waals surface area (Å²) in [6.45, 7) is 5.88. The van der Waals surface area contributed by atoms with Crippen molar-refractivity contribution in [3.8, 4) is 23.7 Å². The molecule has 4 atom stereocenters. The van der Waals surface area contributed by atoms with Gasteiger partial charge in [-0.3, -0.25) is 14.4 Å². The van der Waals surface area contributed by atoms with Gasteiger partial charge < -0.3 is 4.74 Å². The Bertz CT molecular complexity index is 2040. The Kier molecular flexibility index (Phi) is 5.84. The van der Waals surface area contributed by atoms with Crippen molar-refractivity contribution < 1.29 is 19.1 Å². The number of esters is 1. The van der Waals surface area contributed by atoms with Crippen molar-refractivity contribution in [3.63, 3.8) is 0 Å². The number of carbonyl (C=O) groups is 3. The van der Waals surface area contributed by atoms with Crippen LogP contribution in [0.3, 0.4) is 0 Å². The Morgan fingerprint density at radius 2 is 1.44 bits per heavy atom. The third-order valence-electron chi connectivity index (χ3n) is 9.67. The van der Waals surface area contributed by atoms with Gasteiger partial charge >= 0.3 is 5.97 Å². The van der Waals surface area contributed by atoms with Crippen LogP contribution in [0.25, 0.3) is 0 Å². The van der Waals surface area contributed by atoms with Crippen molar-refractivity contribution >= 4 is 17.5 Å². The maximum Gasteiger partial charge on any atom is 0.317 e. The molecule has 3 aliphatic carbocycles. The molecular weight excluding hydrogens is 532 g/mol. The number of benzene rings is 4. The number of hydrogen-bond donors (Lipinski definition) is 0. The Labute approximate surface area is 251 Å². The molecule has 1 saturated carbocycles. The second kappa shape index (κ2) is 9.41. The van der Waals surface area contributed by atoms with E-state index in [4.69, 9.17) is 4.74 Å². The molecule has 4 aromatic carbocycles. The highest BCUT2D eigenvalue weighted by molar-refractivity contribution is 6.49. The predicted octanol–water partition coefficient (Wildman–Crippen LogP) is 6.51. The molecule has 0 aliphatic heterocycles. The van der Waals surface area contributed by atoms with Gasteiger partial charge in [-0.05, 0) is 66.4 Å². The Morgan fingerprint density at radius 3 is 2.14 bits per heavy atom. The van der Waals surface area contributed by atoms with E-state index in [1.807, 2.05) is 43.3 Å². The summed E-state index contributed by atoms with van der Waals surface area (Å²) in [5.74, 6) is 11.5. The third-order valence-corrected chi connectivity index (χ3v) is 9.67. The number of ketones is 2. The molecule has 0 N–H and O–H groups in total. The lowest BCUT2D eigenvalue weighted by Crippen LogP contribution is -2.28. The molecular formula is C39H28O4. The van der Waals surface area contributed by atoms with E-state index in [1.54, 1.807) is 43.3 Å². The van der Waals surface area contributed by atoms with E-state index in [0.29, 0.717) is 16.7 Å². The molecule has 43 heavy (non-hydrogen) atoms. The number of fused-ring (bicyclic) bond motifs is 7. The van der Waals surface area contributed by atoms with Crippen LogP contribution in [0, 0.1) is 36.0 Å². The summed E-state index contributed by atoms with van der Waals surface area (Å²) in [5.41, 5.74) is 7.06. The van der Waals surface area contributed by atoms with E-state index in [-0.39, 0.29) is 23.2 Å². The van der Waals surface area contributed by atoms with Crippen molar-refractivity contribution in [2.75, 3.05) is 7.11 Å². The maximum atomic E-state index is 13.7. The van der Waals surface area contributed by atoms with Crippen LogP contribution in [0.1, 0.15) is 90.9 Å². The summed E-state index contributed by atoms with van der Waals surface area (Å²) in [6, 6.07) is 26.2. The molecule has 4 nitrogen and oxygen atoms in total. The van der Waals surface area contributed by atoms with Gasteiger partial charge in [0.05, 0.1) is 7.11 Å². The molecule has 0 aromatic heterocycles. The van der Waals surface area contributed by atoms with E-state index < -0.39 is 17.0 Å². The van der Waals surface area contributed by atoms with E-state index in [1.165, 1.54) is 18.2 Å². The largest absolute Gasteiger partial charge is 0.468 e. The second-order valence-corrected chi connectivity index (χ2v) is 11.8. The van der Waals surface area contributed by atoms with Gasteiger partial charge in [0.15, 0.2) is 0 Å². The minimum atomic E-state index is -0.810. The fourth-order valence-electron chi connectivity index (χ4n) is 8.04. The summed E-state index contributed by atoms with van der Waals surface area (Å²) in [4.78, 5) is 39.7. The molecule has 1 fully saturated rings. The van der Waals surface area contributed by atoms with Gasteiger partial charge in [0.25, 0.3) is 0 Å². The number of ether oxygens (including phenoxy) is 1. The van der Waals surface area contributed by atoms with Gasteiger partial charge in [-0.2, -0.15) is 0 Å². The van der Waals surface area contributed by atoms with Crippen LogP contribution < -0.4 is 0 Å². The van der Waals surface area contributed by atoms with Crippen molar-refractivity contribution in [2.24, 2.45) is 5.41 Å². The van der Waals surface area contributed by atoms with Crippen LogP contribution in [0.15, 0.2) is 84.9 Å². The zero-order valence-corrected chi connectivity index (χ0v) is 24.4. The molecule has 0 heterocycles. The minimum absolute atomic E-state index is 0.0226. The lowest BCUT2D eigenvalue weighted by atomic mass is 9.83. The fourth-order valence-corrected chi connectivity index (χ4v) is 8.04. The predicted molar refractivity (Wildman–Crippen MR) is 164 cm³/mol. The van der Waals surface area contributed by atoms with Gasteiger partial charge in [-0.15, -0.1) is 5.92 Å². The van der Waals surface area contributed by atoms with E-state index in [0.717, 1.165) is 27.8 Å². The SMILES string of the molecule is CC#Cc1ccc(C#Cc2cccc(C(=O)C(=O)c3cccc(C)c3)c2)c2c1[C@@]1(C(=O)OC)C3c4ccccc4C2[C@]31C. The van der Waals surface area contributed by atoms with Crippen molar-refractivity contribution in [1.82, 2.24) is 0 Å². The average molecular weight is 561 g/mol. The topological polar surface area (TPSA) is 60.4 Å². The van der Waals surface area contributed by atoms with Crippen LogP contribution in [-0.2, 0) is 14.9 Å². The molecule has 0 spiro atoms. The van der Waals surface area contributed by atoms with Crippen molar-refractivity contribution in [2.45, 2.75) is 38.0 Å². The number of rotatable bonds is 4. The zero-order chi connectivity index (χ0) is 30.1. The van der Waals surface area contributed by atoms with Crippen LogP contribution in [0.4, 0.5) is 0 Å². The first-order valence-electron chi connectivity index (χ1n) is 14.3. The fraction of sp³-hybridized carbons (Fsp3) is 0.205. The summed E-state index contributed by atoms with van der Waals surface area (Å²) in [5, 5.41) is 0. The third kappa shape index (κ3) is 3.44. The minimum Gasteiger partial charge on any atom is -0.468 e. The average Bonchev–Trinajstić information content (AvgIpc) is 3.41. The Hall–Kier alpha value is -5.19. The highest BCUT2D eigenvalue weighted by atomic mass is 16.5. The molecule has 4 heteroatoms.